The fourth-order valence-corrected chi connectivity index (χ4v) is 1.06. The van der Waals surface area contributed by atoms with Crippen LogP contribution in [0, 0.1) is 6.92 Å². The average molecular weight is 191 g/mol. The van der Waals surface area contributed by atoms with Gasteiger partial charge in [-0.15, -0.1) is 0 Å². The molecule has 0 fully saturated rings. The number of nitrogens with zero attached hydrogens (tertiary/aromatic N) is 1. The lowest BCUT2D eigenvalue weighted by Crippen LogP contribution is -2.16. The van der Waals surface area contributed by atoms with E-state index in [4.69, 9.17) is 8.22 Å². The summed E-state index contributed by atoms with van der Waals surface area (Å²) in [4.78, 5) is 11.9. The molecule has 0 amide bonds. The molecule has 0 unspecified atom stereocenters. The molecule has 1 aromatic heterocycles. The second kappa shape index (κ2) is 3.50. The zero-order valence-electron chi connectivity index (χ0n) is 13.5. The first-order valence-electron chi connectivity index (χ1n) is 7.04. The molecule has 0 aliphatic rings. The predicted molar refractivity (Wildman–Crippen MR) is 56.8 cm³/mol. The lowest BCUT2D eigenvalue weighted by atomic mass is 10.3. The van der Waals surface area contributed by atoms with E-state index in [1.807, 2.05) is 0 Å². The van der Waals surface area contributed by atoms with E-state index >= 15 is 0 Å². The molecule has 2 rings (SSSR count). The van der Waals surface area contributed by atoms with Crippen molar-refractivity contribution in [3.63, 3.8) is 0 Å². The quantitative estimate of drug-likeness (QED) is 0.677. The van der Waals surface area contributed by atoms with Gasteiger partial charge in [0.15, 0.2) is 0 Å². The van der Waals surface area contributed by atoms with Gasteiger partial charge in [0.2, 0.25) is 0 Å². The highest BCUT2D eigenvalue weighted by molar-refractivity contribution is 5.32. The van der Waals surface area contributed by atoms with Crippen molar-refractivity contribution in [3.8, 4) is 5.69 Å². The Morgan fingerprint density at radius 3 is 2.64 bits per heavy atom. The molecule has 0 saturated heterocycles. The Morgan fingerprint density at radius 2 is 1.93 bits per heavy atom. The third kappa shape index (κ3) is 1.59. The van der Waals surface area contributed by atoms with Crippen LogP contribution in [0.3, 0.4) is 0 Å². The number of hydrogen-bond donors (Lipinski definition) is 0. The van der Waals surface area contributed by atoms with Crippen molar-refractivity contribution in [2.75, 3.05) is 0 Å². The van der Waals surface area contributed by atoms with Gasteiger partial charge in [-0.2, -0.15) is 0 Å². The van der Waals surface area contributed by atoms with E-state index in [1.54, 1.807) is 6.92 Å². The molecule has 2 nitrogen and oxygen atoms in total. The van der Waals surface area contributed by atoms with Crippen LogP contribution in [0.1, 0.15) is 13.8 Å². The van der Waals surface area contributed by atoms with E-state index in [0.29, 0.717) is 5.56 Å². The number of hydrogen-bond acceptors (Lipinski definition) is 1. The molecule has 1 aromatic carbocycles. The Morgan fingerprint density at radius 1 is 1.21 bits per heavy atom. The van der Waals surface area contributed by atoms with Crippen LogP contribution in [0.5, 0.6) is 0 Å². The number of rotatable bonds is 1. The van der Waals surface area contributed by atoms with E-state index in [-0.39, 0.29) is 11.9 Å². The minimum Gasteiger partial charge on any atom is -0.284 e. The topological polar surface area (TPSA) is 22.0 Å². The zero-order chi connectivity index (χ0) is 15.2. The maximum Gasteiger partial charge on any atom is 0.255 e. The highest BCUT2D eigenvalue weighted by atomic mass is 16.1. The van der Waals surface area contributed by atoms with Gasteiger partial charge in [-0.3, -0.25) is 9.36 Å². The number of para-hydroxylation sites is 1. The van der Waals surface area contributed by atoms with Crippen molar-refractivity contribution in [3.05, 3.63) is 64.4 Å². The van der Waals surface area contributed by atoms with Crippen molar-refractivity contribution < 1.29 is 8.22 Å². The summed E-state index contributed by atoms with van der Waals surface area (Å²) in [5.41, 5.74) is -0.440. The summed E-state index contributed by atoms with van der Waals surface area (Å²) in [6.07, 6.45) is -0.198. The highest BCUT2D eigenvalue weighted by Crippen LogP contribution is 2.04. The van der Waals surface area contributed by atoms with Crippen molar-refractivity contribution in [1.82, 2.24) is 4.57 Å². The molecule has 0 radical (unpaired) electrons. The molecule has 0 spiro atoms. The smallest absolute Gasteiger partial charge is 0.255 e. The van der Waals surface area contributed by atoms with Gasteiger partial charge in [0, 0.05) is 17.9 Å². The second-order valence-electron chi connectivity index (χ2n) is 2.78. The SMILES string of the molecule is [2H]c1c([2H])c([2H])c(-n2c([2H])c(C)ccc2=O)c([2H])c1[2H]. The van der Waals surface area contributed by atoms with Crippen LogP contribution in [0.4, 0.5) is 0 Å². The standard InChI is InChI=1S/C12H11NO/c1-10-7-8-12(14)13(9-10)11-5-3-2-4-6-11/h2-9H,1H3/i2D,3D,4D,5D,6D,9D. The highest BCUT2D eigenvalue weighted by Gasteiger charge is 1.97. The van der Waals surface area contributed by atoms with Crippen LogP contribution >= 0.6 is 0 Å². The van der Waals surface area contributed by atoms with E-state index in [1.165, 1.54) is 12.1 Å². The van der Waals surface area contributed by atoms with Gasteiger partial charge in [0.1, 0.15) is 0 Å². The van der Waals surface area contributed by atoms with E-state index in [2.05, 4.69) is 0 Å². The normalized spacial score (nSPS) is 16.1. The minimum atomic E-state index is -0.612. The largest absolute Gasteiger partial charge is 0.284 e. The van der Waals surface area contributed by atoms with Crippen LogP contribution < -0.4 is 5.56 Å². The Labute approximate surface area is 90.9 Å². The maximum absolute atomic E-state index is 11.9. The fourth-order valence-electron chi connectivity index (χ4n) is 1.06. The molecular weight excluding hydrogens is 174 g/mol. The Balaban J connectivity index is 2.99. The summed E-state index contributed by atoms with van der Waals surface area (Å²) < 4.78 is 47.1. The van der Waals surface area contributed by atoms with Gasteiger partial charge < -0.3 is 0 Å². The Hall–Kier alpha value is -1.83. The summed E-state index contributed by atoms with van der Waals surface area (Å²) >= 11 is 0. The summed E-state index contributed by atoms with van der Waals surface area (Å²) in [5.74, 6) is 0. The van der Waals surface area contributed by atoms with Crippen LogP contribution in [0.2, 0.25) is 0 Å². The number of benzene rings is 1. The molecule has 0 saturated carbocycles. The molecule has 70 valence electrons. The number of aryl methyl sites for hydroxylation is 1. The van der Waals surface area contributed by atoms with Gasteiger partial charge in [-0.1, -0.05) is 24.2 Å². The first-order chi connectivity index (χ1) is 9.27. The molecule has 0 aliphatic carbocycles. The fraction of sp³-hybridized carbons (Fsp3) is 0.0833. The van der Waals surface area contributed by atoms with Gasteiger partial charge in [-0.05, 0) is 24.6 Å². The summed E-state index contributed by atoms with van der Waals surface area (Å²) in [6.45, 7) is 1.60. The van der Waals surface area contributed by atoms with Crippen molar-refractivity contribution in [1.29, 1.82) is 0 Å². The average Bonchev–Trinajstić information content (AvgIpc) is 2.42. The van der Waals surface area contributed by atoms with Gasteiger partial charge in [0.05, 0.1) is 8.22 Å². The molecule has 14 heavy (non-hydrogen) atoms. The van der Waals surface area contributed by atoms with E-state index in [0.717, 1.165) is 4.57 Å². The first-order valence-corrected chi connectivity index (χ1v) is 4.04. The third-order valence-corrected chi connectivity index (χ3v) is 1.69. The second-order valence-corrected chi connectivity index (χ2v) is 2.78. The Bertz CT molecular complexity index is 739. The molecule has 2 heteroatoms. The first kappa shape index (κ1) is 4.13. The van der Waals surface area contributed by atoms with Gasteiger partial charge in [0.25, 0.3) is 5.56 Å². The number of pyridine rings is 1. The molecule has 0 bridgehead atoms. The van der Waals surface area contributed by atoms with Crippen molar-refractivity contribution >= 4 is 0 Å². The summed E-state index contributed by atoms with van der Waals surface area (Å²) in [7, 11) is 0. The summed E-state index contributed by atoms with van der Waals surface area (Å²) in [6, 6.07) is 0.0536. The number of aromatic nitrogens is 1. The zero-order valence-corrected chi connectivity index (χ0v) is 7.51. The van der Waals surface area contributed by atoms with Gasteiger partial charge >= 0.3 is 0 Å². The third-order valence-electron chi connectivity index (χ3n) is 1.69. The minimum absolute atomic E-state index is 0.198. The van der Waals surface area contributed by atoms with Crippen molar-refractivity contribution in [2.24, 2.45) is 0 Å². The Kier molecular flexibility index (Phi) is 1.03. The predicted octanol–water partition coefficient (Wildman–Crippen LogP) is 2.15. The molecular formula is C12H11NO. The monoisotopic (exact) mass is 191 g/mol. The van der Waals surface area contributed by atoms with E-state index < -0.39 is 35.8 Å². The van der Waals surface area contributed by atoms with E-state index in [9.17, 15) is 4.79 Å². The molecule has 2 aromatic rings. The van der Waals surface area contributed by atoms with Crippen LogP contribution in [0.15, 0.2) is 53.3 Å². The lowest BCUT2D eigenvalue weighted by Gasteiger charge is -2.05. The van der Waals surface area contributed by atoms with Gasteiger partial charge in [-0.25, -0.2) is 0 Å². The maximum atomic E-state index is 11.9. The summed E-state index contributed by atoms with van der Waals surface area (Å²) in [5, 5.41) is 0. The van der Waals surface area contributed by atoms with Crippen LogP contribution in [-0.2, 0) is 0 Å². The molecule has 1 heterocycles. The molecule has 0 atom stereocenters. The molecule has 0 aliphatic heterocycles. The lowest BCUT2D eigenvalue weighted by molar-refractivity contribution is 0.976. The molecule has 0 N–H and O–H groups in total. The van der Waals surface area contributed by atoms with Crippen molar-refractivity contribution in [2.45, 2.75) is 6.92 Å². The van der Waals surface area contributed by atoms with Crippen LogP contribution in [0.25, 0.3) is 5.69 Å². The van der Waals surface area contributed by atoms with Crippen LogP contribution in [-0.4, -0.2) is 4.57 Å².